The highest BCUT2D eigenvalue weighted by atomic mass is 15.1. The van der Waals surface area contributed by atoms with Gasteiger partial charge in [-0.1, -0.05) is 0 Å². The van der Waals surface area contributed by atoms with Gasteiger partial charge in [0.1, 0.15) is 5.82 Å². The third-order valence-corrected chi connectivity index (χ3v) is 4.00. The number of hydrogen-bond donors (Lipinski definition) is 1. The van der Waals surface area contributed by atoms with Crippen LogP contribution < -0.4 is 5.73 Å². The van der Waals surface area contributed by atoms with Gasteiger partial charge in [-0.15, -0.1) is 0 Å². The van der Waals surface area contributed by atoms with Crippen LogP contribution in [0.25, 0.3) is 0 Å². The standard InChI is InChI=1S/C14H20N4/c1-10-8-11-12(15)4-3-5-13(11)18(10)9-14-16-6-7-17(14)2/h6-8,12H,3-5,9,15H2,1-2H3. The van der Waals surface area contributed by atoms with Crippen LogP contribution in [0.4, 0.5) is 0 Å². The molecule has 0 saturated heterocycles. The molecule has 0 fully saturated rings. The van der Waals surface area contributed by atoms with E-state index in [1.54, 1.807) is 0 Å². The molecule has 0 aliphatic heterocycles. The average molecular weight is 244 g/mol. The van der Waals surface area contributed by atoms with Crippen molar-refractivity contribution in [3.63, 3.8) is 0 Å². The van der Waals surface area contributed by atoms with Gasteiger partial charge < -0.3 is 14.9 Å². The molecule has 2 N–H and O–H groups in total. The quantitative estimate of drug-likeness (QED) is 0.877. The molecular formula is C14H20N4. The lowest BCUT2D eigenvalue weighted by Crippen LogP contribution is -2.19. The average Bonchev–Trinajstić information content (AvgIpc) is 2.87. The van der Waals surface area contributed by atoms with E-state index in [1.807, 2.05) is 19.4 Å². The maximum absolute atomic E-state index is 6.20. The molecule has 0 spiro atoms. The minimum Gasteiger partial charge on any atom is -0.341 e. The lowest BCUT2D eigenvalue weighted by atomic mass is 9.93. The summed E-state index contributed by atoms with van der Waals surface area (Å²) in [4.78, 5) is 4.41. The van der Waals surface area contributed by atoms with Crippen molar-refractivity contribution in [2.75, 3.05) is 0 Å². The number of aromatic nitrogens is 3. The summed E-state index contributed by atoms with van der Waals surface area (Å²) in [5, 5.41) is 0. The summed E-state index contributed by atoms with van der Waals surface area (Å²) in [5.41, 5.74) is 10.2. The fraction of sp³-hybridized carbons (Fsp3) is 0.500. The first-order valence-electron chi connectivity index (χ1n) is 6.57. The Morgan fingerprint density at radius 1 is 1.50 bits per heavy atom. The number of nitrogens with zero attached hydrogens (tertiary/aromatic N) is 3. The summed E-state index contributed by atoms with van der Waals surface area (Å²) < 4.78 is 4.45. The Hall–Kier alpha value is -1.55. The van der Waals surface area contributed by atoms with Crippen molar-refractivity contribution >= 4 is 0 Å². The maximum Gasteiger partial charge on any atom is 0.128 e. The van der Waals surface area contributed by atoms with Gasteiger partial charge in [0.2, 0.25) is 0 Å². The molecule has 0 bridgehead atoms. The molecule has 4 nitrogen and oxygen atoms in total. The predicted molar refractivity (Wildman–Crippen MR) is 71.3 cm³/mol. The molecule has 96 valence electrons. The van der Waals surface area contributed by atoms with E-state index < -0.39 is 0 Å². The minimum atomic E-state index is 0.218. The topological polar surface area (TPSA) is 48.8 Å². The molecule has 4 heteroatoms. The summed E-state index contributed by atoms with van der Waals surface area (Å²) in [6.07, 6.45) is 7.29. The van der Waals surface area contributed by atoms with Gasteiger partial charge in [-0.2, -0.15) is 0 Å². The zero-order chi connectivity index (χ0) is 12.7. The first-order valence-corrected chi connectivity index (χ1v) is 6.57. The van der Waals surface area contributed by atoms with Gasteiger partial charge >= 0.3 is 0 Å². The van der Waals surface area contributed by atoms with E-state index in [-0.39, 0.29) is 6.04 Å². The first kappa shape index (κ1) is 11.5. The van der Waals surface area contributed by atoms with Gasteiger partial charge in [-0.3, -0.25) is 0 Å². The van der Waals surface area contributed by atoms with E-state index in [0.717, 1.165) is 25.2 Å². The number of imidazole rings is 1. The summed E-state index contributed by atoms with van der Waals surface area (Å²) >= 11 is 0. The second-order valence-corrected chi connectivity index (χ2v) is 5.23. The molecule has 1 unspecified atom stereocenters. The van der Waals surface area contributed by atoms with Crippen LogP contribution in [0.1, 0.15) is 41.7 Å². The number of fused-ring (bicyclic) bond motifs is 1. The summed E-state index contributed by atoms with van der Waals surface area (Å²) in [5.74, 6) is 1.09. The highest BCUT2D eigenvalue weighted by molar-refractivity contribution is 5.33. The Labute approximate surface area is 107 Å². The van der Waals surface area contributed by atoms with E-state index in [1.165, 1.54) is 23.4 Å². The zero-order valence-electron chi connectivity index (χ0n) is 11.1. The van der Waals surface area contributed by atoms with Crippen LogP contribution in [-0.4, -0.2) is 14.1 Å². The molecule has 2 aromatic rings. The smallest absolute Gasteiger partial charge is 0.128 e. The summed E-state index contributed by atoms with van der Waals surface area (Å²) in [6.45, 7) is 3.01. The van der Waals surface area contributed by atoms with E-state index in [2.05, 4.69) is 27.1 Å². The molecule has 0 amide bonds. The largest absolute Gasteiger partial charge is 0.341 e. The SMILES string of the molecule is Cc1cc2c(n1Cc1nccn1C)CCCC2N. The predicted octanol–water partition coefficient (Wildman–Crippen LogP) is 1.91. The van der Waals surface area contributed by atoms with E-state index >= 15 is 0 Å². The van der Waals surface area contributed by atoms with Crippen molar-refractivity contribution in [3.05, 3.63) is 41.2 Å². The minimum absolute atomic E-state index is 0.218. The Morgan fingerprint density at radius 3 is 3.06 bits per heavy atom. The van der Waals surface area contributed by atoms with Gasteiger partial charge in [0.05, 0.1) is 6.54 Å². The van der Waals surface area contributed by atoms with Crippen molar-refractivity contribution in [2.24, 2.45) is 12.8 Å². The summed E-state index contributed by atoms with van der Waals surface area (Å²) in [7, 11) is 2.04. The van der Waals surface area contributed by atoms with Gasteiger partial charge in [0.15, 0.2) is 0 Å². The third-order valence-electron chi connectivity index (χ3n) is 4.00. The second kappa shape index (κ2) is 4.28. The molecule has 18 heavy (non-hydrogen) atoms. The molecule has 1 aliphatic rings. The van der Waals surface area contributed by atoms with Crippen molar-refractivity contribution in [1.82, 2.24) is 14.1 Å². The van der Waals surface area contributed by atoms with Crippen LogP contribution in [-0.2, 0) is 20.0 Å². The lowest BCUT2D eigenvalue weighted by Gasteiger charge is -2.21. The van der Waals surface area contributed by atoms with Gasteiger partial charge in [0.25, 0.3) is 0 Å². The number of aryl methyl sites for hydroxylation is 2. The highest BCUT2D eigenvalue weighted by Crippen LogP contribution is 2.31. The fourth-order valence-corrected chi connectivity index (χ4v) is 2.91. The fourth-order valence-electron chi connectivity index (χ4n) is 2.91. The maximum atomic E-state index is 6.20. The Balaban J connectivity index is 2.00. The van der Waals surface area contributed by atoms with Crippen LogP contribution in [0.15, 0.2) is 18.5 Å². The van der Waals surface area contributed by atoms with Crippen LogP contribution >= 0.6 is 0 Å². The monoisotopic (exact) mass is 244 g/mol. The van der Waals surface area contributed by atoms with E-state index in [4.69, 9.17) is 5.73 Å². The van der Waals surface area contributed by atoms with Crippen molar-refractivity contribution in [2.45, 2.75) is 38.8 Å². The lowest BCUT2D eigenvalue weighted by molar-refractivity contribution is 0.541. The van der Waals surface area contributed by atoms with Gasteiger partial charge in [0, 0.05) is 36.9 Å². The molecule has 0 saturated carbocycles. The molecule has 1 aliphatic carbocycles. The van der Waals surface area contributed by atoms with Crippen molar-refractivity contribution in [1.29, 1.82) is 0 Å². The number of nitrogens with two attached hydrogens (primary N) is 1. The highest BCUT2D eigenvalue weighted by Gasteiger charge is 2.22. The molecule has 0 aromatic carbocycles. The molecule has 2 heterocycles. The molecular weight excluding hydrogens is 224 g/mol. The Morgan fingerprint density at radius 2 is 2.33 bits per heavy atom. The molecule has 0 radical (unpaired) electrons. The third kappa shape index (κ3) is 1.77. The van der Waals surface area contributed by atoms with E-state index in [9.17, 15) is 0 Å². The van der Waals surface area contributed by atoms with Gasteiger partial charge in [-0.25, -0.2) is 4.98 Å². The molecule has 3 rings (SSSR count). The van der Waals surface area contributed by atoms with Crippen LogP contribution in [0.2, 0.25) is 0 Å². The van der Waals surface area contributed by atoms with Crippen molar-refractivity contribution < 1.29 is 0 Å². The second-order valence-electron chi connectivity index (χ2n) is 5.23. The first-order chi connectivity index (χ1) is 8.66. The summed E-state index contributed by atoms with van der Waals surface area (Å²) in [6, 6.07) is 2.47. The van der Waals surface area contributed by atoms with Crippen LogP contribution in [0.5, 0.6) is 0 Å². The van der Waals surface area contributed by atoms with Crippen LogP contribution in [0, 0.1) is 6.92 Å². The number of rotatable bonds is 2. The van der Waals surface area contributed by atoms with Gasteiger partial charge in [-0.05, 0) is 37.8 Å². The van der Waals surface area contributed by atoms with Crippen LogP contribution in [0.3, 0.4) is 0 Å². The van der Waals surface area contributed by atoms with Crippen molar-refractivity contribution in [3.8, 4) is 0 Å². The molecule has 1 atom stereocenters. The zero-order valence-corrected chi connectivity index (χ0v) is 11.1. The Bertz CT molecular complexity index is 564. The Kier molecular flexibility index (Phi) is 2.74. The van der Waals surface area contributed by atoms with E-state index in [0.29, 0.717) is 0 Å². The number of hydrogen-bond acceptors (Lipinski definition) is 2. The normalized spacial score (nSPS) is 18.9. The molecule has 2 aromatic heterocycles.